The predicted molar refractivity (Wildman–Crippen MR) is 80.5 cm³/mol. The first-order valence-electron chi connectivity index (χ1n) is 7.09. The average Bonchev–Trinajstić information content (AvgIpc) is 2.73. The molecule has 0 radical (unpaired) electrons. The topological polar surface area (TPSA) is 55.7 Å². The lowest BCUT2D eigenvalue weighted by atomic mass is 9.80. The summed E-state index contributed by atoms with van der Waals surface area (Å²) in [4.78, 5) is 11.7. The van der Waals surface area contributed by atoms with Crippen molar-refractivity contribution in [3.05, 3.63) is 11.1 Å². The van der Waals surface area contributed by atoms with Crippen LogP contribution >= 0.6 is 12.2 Å². The first kappa shape index (κ1) is 13.5. The molecule has 0 saturated heterocycles. The minimum atomic E-state index is 0.412. The fourth-order valence-electron chi connectivity index (χ4n) is 3.52. The highest BCUT2D eigenvalue weighted by atomic mass is 32.1. The quantitative estimate of drug-likeness (QED) is 0.861. The zero-order valence-electron chi connectivity index (χ0n) is 12.1. The van der Waals surface area contributed by atoms with Crippen LogP contribution in [-0.2, 0) is 0 Å². The van der Waals surface area contributed by atoms with E-state index in [2.05, 4.69) is 33.4 Å². The first-order valence-corrected chi connectivity index (χ1v) is 7.50. The number of nitrogens with one attached hydrogen (secondary N) is 1. The van der Waals surface area contributed by atoms with E-state index in [-0.39, 0.29) is 0 Å². The van der Waals surface area contributed by atoms with Gasteiger partial charge in [-0.25, -0.2) is 4.98 Å². The summed E-state index contributed by atoms with van der Waals surface area (Å²) in [6.45, 7) is 4.63. The second-order valence-electron chi connectivity index (χ2n) is 5.95. The molecule has 2 aromatic heterocycles. The minimum absolute atomic E-state index is 0.412. The van der Waals surface area contributed by atoms with E-state index in [1.54, 1.807) is 7.11 Å². The number of hydrogen-bond donors (Lipinski definition) is 1. The van der Waals surface area contributed by atoms with Gasteiger partial charge in [-0.1, -0.05) is 13.8 Å². The zero-order valence-corrected chi connectivity index (χ0v) is 12.9. The zero-order chi connectivity index (χ0) is 14.3. The number of hydrogen-bond acceptors (Lipinski definition) is 4. The van der Waals surface area contributed by atoms with E-state index in [4.69, 9.17) is 17.0 Å². The Morgan fingerprint density at radius 2 is 1.95 bits per heavy atom. The predicted octanol–water partition coefficient (Wildman–Crippen LogP) is 3.49. The number of nitrogens with zero attached hydrogens (tertiary/aromatic N) is 3. The van der Waals surface area contributed by atoms with Crippen molar-refractivity contribution in [3.8, 4) is 5.88 Å². The average molecular weight is 292 g/mol. The maximum atomic E-state index is 5.50. The van der Waals surface area contributed by atoms with E-state index >= 15 is 0 Å². The fourth-order valence-corrected chi connectivity index (χ4v) is 3.86. The summed E-state index contributed by atoms with van der Waals surface area (Å²) in [5.41, 5.74) is 1.65. The molecule has 2 atom stereocenters. The maximum Gasteiger partial charge on any atom is 0.242 e. The van der Waals surface area contributed by atoms with Crippen molar-refractivity contribution in [2.24, 2.45) is 11.8 Å². The van der Waals surface area contributed by atoms with Crippen LogP contribution in [0.5, 0.6) is 5.88 Å². The van der Waals surface area contributed by atoms with E-state index in [1.807, 2.05) is 0 Å². The molecule has 0 aromatic carbocycles. The molecule has 20 heavy (non-hydrogen) atoms. The summed E-state index contributed by atoms with van der Waals surface area (Å²) in [5, 5.41) is 0. The molecule has 0 spiro atoms. The summed E-state index contributed by atoms with van der Waals surface area (Å²) < 4.78 is 8.15. The van der Waals surface area contributed by atoms with Crippen LogP contribution < -0.4 is 4.74 Å². The molecule has 2 unspecified atom stereocenters. The van der Waals surface area contributed by atoms with Gasteiger partial charge in [-0.05, 0) is 43.3 Å². The number of aromatic nitrogens is 4. The molecular weight excluding hydrogens is 272 g/mol. The van der Waals surface area contributed by atoms with Crippen LogP contribution in [0.3, 0.4) is 0 Å². The molecule has 1 N–H and O–H groups in total. The summed E-state index contributed by atoms with van der Waals surface area (Å²) in [7, 11) is 1.61. The van der Waals surface area contributed by atoms with E-state index in [1.165, 1.54) is 12.7 Å². The monoisotopic (exact) mass is 292 g/mol. The molecule has 0 amide bonds. The minimum Gasteiger partial charge on any atom is -0.479 e. The van der Waals surface area contributed by atoms with Gasteiger partial charge in [0.2, 0.25) is 5.88 Å². The molecule has 0 bridgehead atoms. The first-order chi connectivity index (χ1) is 9.60. The van der Waals surface area contributed by atoms with Crippen molar-refractivity contribution in [1.29, 1.82) is 0 Å². The highest BCUT2D eigenvalue weighted by molar-refractivity contribution is 7.71. The Balaban J connectivity index is 2.12. The standard InChI is InChI=1S/C14H20N4OS/c1-8-4-9(2)6-10(5-8)18-12-11(17-14(18)20)13(19-3)16-7-15-12/h7-10H,4-6H2,1-3H3,(H,17,20). The number of imidazole rings is 1. The molecule has 108 valence electrons. The third-order valence-corrected chi connectivity index (χ3v) is 4.48. The van der Waals surface area contributed by atoms with E-state index in [0.29, 0.717) is 16.7 Å². The van der Waals surface area contributed by atoms with Crippen molar-refractivity contribution in [3.63, 3.8) is 0 Å². The Bertz CT molecular complexity index is 667. The number of rotatable bonds is 2. The molecule has 6 heteroatoms. The fraction of sp³-hybridized carbons (Fsp3) is 0.643. The van der Waals surface area contributed by atoms with E-state index in [9.17, 15) is 0 Å². The lowest BCUT2D eigenvalue weighted by molar-refractivity contribution is 0.223. The molecule has 1 saturated carbocycles. The van der Waals surface area contributed by atoms with Crippen molar-refractivity contribution < 1.29 is 4.74 Å². The van der Waals surface area contributed by atoms with Crippen molar-refractivity contribution in [2.45, 2.75) is 39.2 Å². The molecule has 2 heterocycles. The highest BCUT2D eigenvalue weighted by Crippen LogP contribution is 2.37. The van der Waals surface area contributed by atoms with Crippen molar-refractivity contribution in [1.82, 2.24) is 19.5 Å². The van der Waals surface area contributed by atoms with Gasteiger partial charge in [0.15, 0.2) is 10.4 Å². The Morgan fingerprint density at radius 3 is 2.60 bits per heavy atom. The van der Waals surface area contributed by atoms with E-state index in [0.717, 1.165) is 35.8 Å². The van der Waals surface area contributed by atoms with Gasteiger partial charge in [0.05, 0.1) is 7.11 Å². The molecular formula is C14H20N4OS. The van der Waals surface area contributed by atoms with Gasteiger partial charge in [0.25, 0.3) is 0 Å². The molecule has 5 nitrogen and oxygen atoms in total. The Kier molecular flexibility index (Phi) is 3.50. The number of ether oxygens (including phenoxy) is 1. The Labute approximate surface area is 123 Å². The second-order valence-corrected chi connectivity index (χ2v) is 6.34. The van der Waals surface area contributed by atoms with Gasteiger partial charge in [0.1, 0.15) is 11.8 Å². The molecule has 2 aromatic rings. The van der Waals surface area contributed by atoms with Gasteiger partial charge in [0, 0.05) is 6.04 Å². The lowest BCUT2D eigenvalue weighted by Crippen LogP contribution is -2.22. The normalized spacial score (nSPS) is 26.9. The molecule has 1 aliphatic carbocycles. The Morgan fingerprint density at radius 1 is 1.25 bits per heavy atom. The van der Waals surface area contributed by atoms with Gasteiger partial charge in [-0.3, -0.25) is 4.57 Å². The molecule has 0 aliphatic heterocycles. The third kappa shape index (κ3) is 2.22. The lowest BCUT2D eigenvalue weighted by Gasteiger charge is -2.32. The Hall–Kier alpha value is -1.43. The number of aromatic amines is 1. The maximum absolute atomic E-state index is 5.50. The molecule has 1 aliphatic rings. The van der Waals surface area contributed by atoms with Crippen molar-refractivity contribution >= 4 is 23.4 Å². The van der Waals surface area contributed by atoms with Crippen LogP contribution in [-0.4, -0.2) is 26.6 Å². The summed E-state index contributed by atoms with van der Waals surface area (Å²) in [5.74, 6) is 2.00. The van der Waals surface area contributed by atoms with Crippen LogP contribution in [0.4, 0.5) is 0 Å². The largest absolute Gasteiger partial charge is 0.479 e. The van der Waals surface area contributed by atoms with Crippen LogP contribution in [0.15, 0.2) is 6.33 Å². The van der Waals surface area contributed by atoms with Crippen LogP contribution in [0.1, 0.15) is 39.2 Å². The van der Waals surface area contributed by atoms with E-state index < -0.39 is 0 Å². The summed E-state index contributed by atoms with van der Waals surface area (Å²) >= 11 is 5.50. The SMILES string of the molecule is COc1ncnc2c1[nH]c(=S)n2C1CC(C)CC(C)C1. The number of fused-ring (bicyclic) bond motifs is 1. The number of H-pyrrole nitrogens is 1. The number of methoxy groups -OCH3 is 1. The van der Waals surface area contributed by atoms with Crippen LogP contribution in [0.25, 0.3) is 11.2 Å². The highest BCUT2D eigenvalue weighted by Gasteiger charge is 2.27. The summed E-state index contributed by atoms with van der Waals surface area (Å²) in [6.07, 6.45) is 5.14. The van der Waals surface area contributed by atoms with Gasteiger partial charge >= 0.3 is 0 Å². The van der Waals surface area contributed by atoms with Gasteiger partial charge < -0.3 is 9.72 Å². The van der Waals surface area contributed by atoms with Gasteiger partial charge in [-0.2, -0.15) is 4.98 Å². The third-order valence-electron chi connectivity index (χ3n) is 4.18. The second kappa shape index (κ2) is 5.16. The van der Waals surface area contributed by atoms with Crippen LogP contribution in [0.2, 0.25) is 0 Å². The van der Waals surface area contributed by atoms with Crippen molar-refractivity contribution in [2.75, 3.05) is 7.11 Å². The smallest absolute Gasteiger partial charge is 0.242 e. The summed E-state index contributed by atoms with van der Waals surface area (Å²) in [6, 6.07) is 0.412. The van der Waals surface area contributed by atoms with Crippen LogP contribution in [0, 0.1) is 16.6 Å². The molecule has 1 fully saturated rings. The van der Waals surface area contributed by atoms with Gasteiger partial charge in [-0.15, -0.1) is 0 Å². The molecule has 3 rings (SSSR count).